The molecule has 0 unspecified atom stereocenters. The fraction of sp³-hybridized carbons (Fsp3) is 0.125. The second-order valence-corrected chi connectivity index (χ2v) is 8.72. The van der Waals surface area contributed by atoms with Crippen molar-refractivity contribution in [3.8, 4) is 11.1 Å². The normalized spacial score (nSPS) is 11.2. The van der Waals surface area contributed by atoms with Gasteiger partial charge in [0, 0.05) is 17.1 Å². The van der Waals surface area contributed by atoms with Crippen molar-refractivity contribution in [2.75, 3.05) is 4.90 Å². The molecule has 1 nitrogen and oxygen atoms in total. The van der Waals surface area contributed by atoms with Gasteiger partial charge >= 0.3 is 0 Å². The SMILES string of the molecule is CC(C)=C/C=C(\C)c1ccc(N(c2ccc(C)cc2)c2ccc(-c3ccccc3)cc2)cc1. The van der Waals surface area contributed by atoms with Crippen LogP contribution in [0.1, 0.15) is 31.9 Å². The molecule has 0 saturated heterocycles. The van der Waals surface area contributed by atoms with E-state index in [1.54, 1.807) is 0 Å². The Kier molecular flexibility index (Phi) is 6.90. The number of hydrogen-bond acceptors (Lipinski definition) is 1. The molecular formula is C32H31N. The van der Waals surface area contributed by atoms with E-state index in [0.29, 0.717) is 0 Å². The van der Waals surface area contributed by atoms with Crippen molar-refractivity contribution in [1.82, 2.24) is 0 Å². The molecule has 4 rings (SSSR count). The molecule has 4 aromatic rings. The number of anilines is 3. The Bertz CT molecular complexity index is 1240. The van der Waals surface area contributed by atoms with E-state index in [0.717, 1.165) is 17.1 Å². The van der Waals surface area contributed by atoms with E-state index >= 15 is 0 Å². The Morgan fingerprint density at radius 3 is 1.58 bits per heavy atom. The Hall–Kier alpha value is -3.84. The maximum atomic E-state index is 2.31. The van der Waals surface area contributed by atoms with Gasteiger partial charge in [-0.05, 0) is 86.4 Å². The summed E-state index contributed by atoms with van der Waals surface area (Å²) < 4.78 is 0. The van der Waals surface area contributed by atoms with Crippen LogP contribution in [0.3, 0.4) is 0 Å². The fourth-order valence-electron chi connectivity index (χ4n) is 3.84. The molecule has 0 heterocycles. The van der Waals surface area contributed by atoms with Crippen molar-refractivity contribution in [3.05, 3.63) is 132 Å². The van der Waals surface area contributed by atoms with E-state index in [1.165, 1.54) is 33.4 Å². The van der Waals surface area contributed by atoms with E-state index in [9.17, 15) is 0 Å². The van der Waals surface area contributed by atoms with Gasteiger partial charge in [-0.2, -0.15) is 0 Å². The molecule has 0 atom stereocenters. The molecule has 0 N–H and O–H groups in total. The first-order valence-corrected chi connectivity index (χ1v) is 11.5. The van der Waals surface area contributed by atoms with Crippen LogP contribution in [0.15, 0.2) is 121 Å². The lowest BCUT2D eigenvalue weighted by atomic mass is 10.0. The monoisotopic (exact) mass is 429 g/mol. The summed E-state index contributed by atoms with van der Waals surface area (Å²) in [6.07, 6.45) is 4.35. The molecule has 0 aliphatic heterocycles. The maximum absolute atomic E-state index is 2.31. The van der Waals surface area contributed by atoms with Gasteiger partial charge in [-0.25, -0.2) is 0 Å². The highest BCUT2D eigenvalue weighted by Gasteiger charge is 2.13. The Balaban J connectivity index is 1.71. The number of aryl methyl sites for hydroxylation is 1. The van der Waals surface area contributed by atoms with Gasteiger partial charge in [-0.3, -0.25) is 0 Å². The maximum Gasteiger partial charge on any atom is 0.0462 e. The van der Waals surface area contributed by atoms with E-state index in [4.69, 9.17) is 0 Å². The second-order valence-electron chi connectivity index (χ2n) is 8.72. The predicted molar refractivity (Wildman–Crippen MR) is 144 cm³/mol. The summed E-state index contributed by atoms with van der Waals surface area (Å²) >= 11 is 0. The van der Waals surface area contributed by atoms with Crippen LogP contribution in [-0.2, 0) is 0 Å². The van der Waals surface area contributed by atoms with Crippen molar-refractivity contribution in [2.24, 2.45) is 0 Å². The largest absolute Gasteiger partial charge is 0.311 e. The summed E-state index contributed by atoms with van der Waals surface area (Å²) in [4.78, 5) is 2.31. The molecule has 1 heteroatoms. The zero-order chi connectivity index (χ0) is 23.2. The summed E-state index contributed by atoms with van der Waals surface area (Å²) in [6, 6.07) is 36.9. The van der Waals surface area contributed by atoms with Gasteiger partial charge in [0.15, 0.2) is 0 Å². The average molecular weight is 430 g/mol. The molecule has 0 amide bonds. The highest BCUT2D eigenvalue weighted by Crippen LogP contribution is 2.36. The Morgan fingerprint density at radius 2 is 1.03 bits per heavy atom. The number of nitrogens with zero attached hydrogens (tertiary/aromatic N) is 1. The van der Waals surface area contributed by atoms with Crippen molar-refractivity contribution in [2.45, 2.75) is 27.7 Å². The first-order valence-electron chi connectivity index (χ1n) is 11.5. The molecule has 0 fully saturated rings. The predicted octanol–water partition coefficient (Wildman–Crippen LogP) is 9.50. The van der Waals surface area contributed by atoms with Crippen molar-refractivity contribution in [3.63, 3.8) is 0 Å². The summed E-state index contributed by atoms with van der Waals surface area (Å²) in [5, 5.41) is 0. The number of rotatable bonds is 6. The first kappa shape index (κ1) is 22.4. The highest BCUT2D eigenvalue weighted by atomic mass is 15.1. The summed E-state index contributed by atoms with van der Waals surface area (Å²) in [5.74, 6) is 0. The summed E-state index contributed by atoms with van der Waals surface area (Å²) in [6.45, 7) is 8.53. The Labute approximate surface area is 198 Å². The lowest BCUT2D eigenvalue weighted by Gasteiger charge is -2.26. The zero-order valence-corrected chi connectivity index (χ0v) is 19.9. The molecule has 0 bridgehead atoms. The minimum Gasteiger partial charge on any atom is -0.311 e. The van der Waals surface area contributed by atoms with Gasteiger partial charge in [0.2, 0.25) is 0 Å². The van der Waals surface area contributed by atoms with Crippen LogP contribution in [0.5, 0.6) is 0 Å². The quantitative estimate of drug-likeness (QED) is 0.276. The van der Waals surface area contributed by atoms with Crippen LogP contribution in [0.25, 0.3) is 16.7 Å². The molecular weight excluding hydrogens is 398 g/mol. The lowest BCUT2D eigenvalue weighted by molar-refractivity contribution is 1.27. The van der Waals surface area contributed by atoms with Gasteiger partial charge < -0.3 is 4.90 Å². The minimum atomic E-state index is 1.14. The van der Waals surface area contributed by atoms with Crippen molar-refractivity contribution in [1.29, 1.82) is 0 Å². The van der Waals surface area contributed by atoms with Crippen LogP contribution in [0.4, 0.5) is 17.1 Å². The van der Waals surface area contributed by atoms with Crippen LogP contribution in [-0.4, -0.2) is 0 Å². The van der Waals surface area contributed by atoms with Gasteiger partial charge in [0.25, 0.3) is 0 Å². The summed E-state index contributed by atoms with van der Waals surface area (Å²) in [7, 11) is 0. The van der Waals surface area contributed by atoms with Crippen LogP contribution < -0.4 is 4.90 Å². The molecule has 0 radical (unpaired) electrons. The Morgan fingerprint density at radius 1 is 0.545 bits per heavy atom. The lowest BCUT2D eigenvalue weighted by Crippen LogP contribution is -2.09. The zero-order valence-electron chi connectivity index (χ0n) is 19.9. The average Bonchev–Trinajstić information content (AvgIpc) is 2.85. The standard InChI is InChI=1S/C32H31N/c1-24(2)10-13-26(4)27-14-20-31(21-15-27)33(30-18-11-25(3)12-19-30)32-22-16-29(17-23-32)28-8-6-5-7-9-28/h5-23H,1-4H3/b26-13+. The van der Waals surface area contributed by atoms with Gasteiger partial charge in [0.1, 0.15) is 0 Å². The van der Waals surface area contributed by atoms with Crippen LogP contribution in [0, 0.1) is 6.92 Å². The first-order chi connectivity index (χ1) is 16.0. The molecule has 0 saturated carbocycles. The number of hydrogen-bond donors (Lipinski definition) is 0. The number of allylic oxidation sites excluding steroid dienone is 4. The van der Waals surface area contributed by atoms with E-state index in [1.807, 2.05) is 0 Å². The second kappa shape index (κ2) is 10.2. The topological polar surface area (TPSA) is 3.24 Å². The smallest absolute Gasteiger partial charge is 0.0462 e. The minimum absolute atomic E-state index is 1.14. The van der Waals surface area contributed by atoms with Crippen LogP contribution in [0.2, 0.25) is 0 Å². The highest BCUT2D eigenvalue weighted by molar-refractivity contribution is 5.79. The molecule has 164 valence electrons. The van der Waals surface area contributed by atoms with Gasteiger partial charge in [-0.1, -0.05) is 90.0 Å². The third-order valence-corrected chi connectivity index (χ3v) is 5.77. The van der Waals surface area contributed by atoms with Gasteiger partial charge in [-0.15, -0.1) is 0 Å². The van der Waals surface area contributed by atoms with E-state index in [-0.39, 0.29) is 0 Å². The van der Waals surface area contributed by atoms with Gasteiger partial charge in [0.05, 0.1) is 0 Å². The molecule has 0 aromatic heterocycles. The van der Waals surface area contributed by atoms with Crippen LogP contribution >= 0.6 is 0 Å². The fourth-order valence-corrected chi connectivity index (χ4v) is 3.84. The third kappa shape index (κ3) is 5.51. The third-order valence-electron chi connectivity index (χ3n) is 5.77. The van der Waals surface area contributed by atoms with E-state index < -0.39 is 0 Å². The van der Waals surface area contributed by atoms with E-state index in [2.05, 4.69) is 148 Å². The molecule has 0 spiro atoms. The van der Waals surface area contributed by atoms with Crippen molar-refractivity contribution < 1.29 is 0 Å². The summed E-state index contributed by atoms with van der Waals surface area (Å²) in [5.41, 5.74) is 10.9. The molecule has 4 aromatic carbocycles. The molecule has 33 heavy (non-hydrogen) atoms. The van der Waals surface area contributed by atoms with Crippen molar-refractivity contribution >= 4 is 22.6 Å². The number of benzene rings is 4. The molecule has 0 aliphatic rings. The molecule has 0 aliphatic carbocycles.